The minimum absolute atomic E-state index is 0. The molecular formula is C38H54FN7O2. The summed E-state index contributed by atoms with van der Waals surface area (Å²) < 4.78 is 20.9. The molecule has 9 nitrogen and oxygen atoms in total. The summed E-state index contributed by atoms with van der Waals surface area (Å²) >= 11 is 0. The van der Waals surface area contributed by atoms with E-state index in [9.17, 15) is 9.18 Å². The number of morpholine rings is 1. The molecule has 10 heteroatoms. The van der Waals surface area contributed by atoms with Gasteiger partial charge in [0.25, 0.3) is 5.56 Å². The van der Waals surface area contributed by atoms with Gasteiger partial charge in [0.1, 0.15) is 11.6 Å². The maximum Gasteiger partial charge on any atom is 0.261 e. The van der Waals surface area contributed by atoms with E-state index in [1.165, 1.54) is 18.6 Å². The minimum Gasteiger partial charge on any atom is -0.379 e. The molecule has 0 unspecified atom stereocenters. The zero-order chi connectivity index (χ0) is 32.7. The Hall–Kier alpha value is -3.34. The summed E-state index contributed by atoms with van der Waals surface area (Å²) in [6, 6.07) is 13.1. The highest BCUT2D eigenvalue weighted by Gasteiger charge is 2.56. The lowest BCUT2D eigenvalue weighted by molar-refractivity contribution is -0.108. The van der Waals surface area contributed by atoms with Crippen LogP contribution in [0, 0.1) is 29.0 Å². The number of aryl methyl sites for hydroxylation is 1. The van der Waals surface area contributed by atoms with Gasteiger partial charge in [0.05, 0.1) is 36.7 Å². The fourth-order valence-corrected chi connectivity index (χ4v) is 8.44. The standard InChI is InChI=1S/C37H50FN7O2.CH4/c1-24-22-44(14-12-39-24)36(42-32-20-27-19-31(25(32)2)37(27,3)4)40-29-9-10-30-33(21-29)41-34(23-43-15-17-47-18-16-43)45(35(30)46)13-11-26-5-7-28(38)8-6-26;/h5-10,21,24-25,27,31-32,39H,11-20,22-23H2,1-4H3,(H,40,42);1H4/t24-,25-,27+,31-,32-;/m0./s1. The van der Waals surface area contributed by atoms with Gasteiger partial charge in [-0.3, -0.25) is 14.3 Å². The first-order chi connectivity index (χ1) is 22.7. The number of hydrogen-bond acceptors (Lipinski definition) is 6. The number of guanidine groups is 1. The molecule has 260 valence electrons. The van der Waals surface area contributed by atoms with Crippen LogP contribution in [-0.2, 0) is 24.2 Å². The Morgan fingerprint density at radius 2 is 1.88 bits per heavy atom. The van der Waals surface area contributed by atoms with Crippen molar-refractivity contribution in [2.45, 2.75) is 79.6 Å². The van der Waals surface area contributed by atoms with E-state index in [1.807, 2.05) is 18.2 Å². The molecule has 0 spiro atoms. The molecule has 2 aromatic carbocycles. The number of aliphatic imine (C=N–C) groups is 1. The SMILES string of the molecule is C.C[C@@H]1[C@@H](N=C(Nc2ccc3c(=O)n(CCc4ccc(F)cc4)c(CN4CCOCC4)nc3c2)N2CCN[C@@H](C)C2)C[C@H]2C[C@@H]1C2(C)C. The summed E-state index contributed by atoms with van der Waals surface area (Å²) in [5.41, 5.74) is 2.93. The molecule has 5 fully saturated rings. The summed E-state index contributed by atoms with van der Waals surface area (Å²) in [5.74, 6) is 3.41. The number of ether oxygens (including phenoxy) is 1. The average Bonchev–Trinajstić information content (AvgIpc) is 3.06. The third-order valence-electron chi connectivity index (χ3n) is 11.6. The second kappa shape index (κ2) is 14.3. The van der Waals surface area contributed by atoms with E-state index in [0.29, 0.717) is 67.0 Å². The molecule has 2 aliphatic heterocycles. The first-order valence-corrected chi connectivity index (χ1v) is 17.6. The number of hydrogen-bond donors (Lipinski definition) is 2. The van der Waals surface area contributed by atoms with Gasteiger partial charge in [-0.05, 0) is 85.3 Å². The number of fused-ring (bicyclic) bond motifs is 3. The summed E-state index contributed by atoms with van der Waals surface area (Å²) in [7, 11) is 0. The zero-order valence-electron chi connectivity index (χ0n) is 28.3. The van der Waals surface area contributed by atoms with E-state index in [4.69, 9.17) is 14.7 Å². The smallest absolute Gasteiger partial charge is 0.261 e. The highest BCUT2D eigenvalue weighted by molar-refractivity contribution is 5.96. The molecule has 1 aromatic heterocycles. The number of halogens is 1. The van der Waals surface area contributed by atoms with Crippen LogP contribution in [0.4, 0.5) is 10.1 Å². The number of aromatic nitrogens is 2. The van der Waals surface area contributed by atoms with Crippen LogP contribution >= 0.6 is 0 Å². The van der Waals surface area contributed by atoms with Gasteiger partial charge in [0, 0.05) is 51.0 Å². The Kier molecular flexibility index (Phi) is 10.3. The summed E-state index contributed by atoms with van der Waals surface area (Å²) in [4.78, 5) is 29.3. The highest BCUT2D eigenvalue weighted by Crippen LogP contribution is 2.61. The molecule has 2 N–H and O–H groups in total. The van der Waals surface area contributed by atoms with Gasteiger partial charge in [0.15, 0.2) is 5.96 Å². The first-order valence-electron chi connectivity index (χ1n) is 17.6. The summed E-state index contributed by atoms with van der Waals surface area (Å²) in [6.45, 7) is 16.2. The number of nitrogens with zero attached hydrogens (tertiary/aromatic N) is 5. The molecule has 3 aromatic rings. The number of benzene rings is 2. The molecule has 3 aliphatic carbocycles. The normalized spacial score (nSPS) is 27.3. The monoisotopic (exact) mass is 659 g/mol. The Labute approximate surface area is 285 Å². The van der Waals surface area contributed by atoms with Crippen LogP contribution in [0.3, 0.4) is 0 Å². The highest BCUT2D eigenvalue weighted by atomic mass is 19.1. The lowest BCUT2D eigenvalue weighted by Crippen LogP contribution is -2.57. The largest absolute Gasteiger partial charge is 0.379 e. The number of piperazine rings is 1. The molecule has 3 saturated carbocycles. The molecule has 2 bridgehead atoms. The van der Waals surface area contributed by atoms with Crippen molar-refractivity contribution in [2.75, 3.05) is 51.3 Å². The third kappa shape index (κ3) is 7.03. The maximum absolute atomic E-state index is 14.0. The van der Waals surface area contributed by atoms with E-state index in [0.717, 1.165) is 74.0 Å². The third-order valence-corrected chi connectivity index (χ3v) is 11.6. The fourth-order valence-electron chi connectivity index (χ4n) is 8.44. The lowest BCUT2D eigenvalue weighted by atomic mass is 9.45. The van der Waals surface area contributed by atoms with Gasteiger partial charge >= 0.3 is 0 Å². The van der Waals surface area contributed by atoms with Gasteiger partial charge in [-0.15, -0.1) is 0 Å². The number of anilines is 1. The quantitative estimate of drug-likeness (QED) is 0.260. The molecular weight excluding hydrogens is 605 g/mol. The first kappa shape index (κ1) is 34.5. The predicted octanol–water partition coefficient (Wildman–Crippen LogP) is 5.38. The van der Waals surface area contributed by atoms with E-state index >= 15 is 0 Å². The molecule has 0 amide bonds. The molecule has 3 heterocycles. The van der Waals surface area contributed by atoms with Crippen LogP contribution in [-0.4, -0.2) is 83.3 Å². The van der Waals surface area contributed by atoms with Gasteiger partial charge in [-0.1, -0.05) is 40.3 Å². The average molecular weight is 660 g/mol. The summed E-state index contributed by atoms with van der Waals surface area (Å²) in [6.07, 6.45) is 3.09. The van der Waals surface area contributed by atoms with Gasteiger partial charge in [-0.2, -0.15) is 0 Å². The molecule has 8 rings (SSSR count). The van der Waals surface area contributed by atoms with E-state index in [2.05, 4.69) is 48.1 Å². The maximum atomic E-state index is 14.0. The van der Waals surface area contributed by atoms with Crippen molar-refractivity contribution in [1.29, 1.82) is 0 Å². The zero-order valence-corrected chi connectivity index (χ0v) is 28.3. The molecule has 5 aliphatic rings. The lowest BCUT2D eigenvalue weighted by Gasteiger charge is -2.61. The number of rotatable bonds is 7. The fraction of sp³-hybridized carbons (Fsp3) is 0.605. The van der Waals surface area contributed by atoms with Gasteiger partial charge < -0.3 is 20.3 Å². The molecule has 0 radical (unpaired) electrons. The Morgan fingerprint density at radius 3 is 2.58 bits per heavy atom. The van der Waals surface area contributed by atoms with E-state index < -0.39 is 0 Å². The Bertz CT molecular complexity index is 1670. The predicted molar refractivity (Wildman–Crippen MR) is 192 cm³/mol. The van der Waals surface area contributed by atoms with Crippen LogP contribution in [0.2, 0.25) is 0 Å². The van der Waals surface area contributed by atoms with Crippen molar-refractivity contribution in [3.63, 3.8) is 0 Å². The van der Waals surface area contributed by atoms with Crippen molar-refractivity contribution < 1.29 is 9.13 Å². The van der Waals surface area contributed by atoms with Crippen LogP contribution < -0.4 is 16.2 Å². The summed E-state index contributed by atoms with van der Waals surface area (Å²) in [5, 5.41) is 7.87. The van der Waals surface area contributed by atoms with Crippen molar-refractivity contribution in [2.24, 2.45) is 28.2 Å². The van der Waals surface area contributed by atoms with Crippen molar-refractivity contribution in [1.82, 2.24) is 24.7 Å². The van der Waals surface area contributed by atoms with Crippen LogP contribution in [0.5, 0.6) is 0 Å². The van der Waals surface area contributed by atoms with Crippen LogP contribution in [0.15, 0.2) is 52.3 Å². The molecule has 48 heavy (non-hydrogen) atoms. The van der Waals surface area contributed by atoms with Crippen LogP contribution in [0.1, 0.15) is 59.4 Å². The van der Waals surface area contributed by atoms with Crippen molar-refractivity contribution in [3.05, 3.63) is 70.0 Å². The van der Waals surface area contributed by atoms with Crippen molar-refractivity contribution >= 4 is 22.5 Å². The van der Waals surface area contributed by atoms with E-state index in [1.54, 1.807) is 16.7 Å². The Morgan fingerprint density at radius 1 is 1.10 bits per heavy atom. The van der Waals surface area contributed by atoms with Gasteiger partial charge in [0.2, 0.25) is 0 Å². The topological polar surface area (TPSA) is 87.0 Å². The number of nitrogens with one attached hydrogen (secondary N) is 2. The second-order valence-corrected chi connectivity index (χ2v) is 14.9. The molecule has 5 atom stereocenters. The minimum atomic E-state index is -0.260. The van der Waals surface area contributed by atoms with Crippen molar-refractivity contribution in [3.8, 4) is 0 Å². The second-order valence-electron chi connectivity index (χ2n) is 14.9. The molecule has 2 saturated heterocycles. The van der Waals surface area contributed by atoms with E-state index in [-0.39, 0.29) is 18.8 Å². The Balaban J connectivity index is 0.00000401. The van der Waals surface area contributed by atoms with Gasteiger partial charge in [-0.25, -0.2) is 14.4 Å². The van der Waals surface area contributed by atoms with Crippen LogP contribution in [0.25, 0.3) is 10.9 Å².